The smallest absolute Gasteiger partial charge is 0.294 e. The number of imide groups is 1. The third kappa shape index (κ3) is 5.07. The second kappa shape index (κ2) is 9.28. The van der Waals surface area contributed by atoms with Crippen molar-refractivity contribution < 1.29 is 19.1 Å². The fourth-order valence-corrected chi connectivity index (χ4v) is 3.95. The fourth-order valence-electron chi connectivity index (χ4n) is 2.74. The van der Waals surface area contributed by atoms with Crippen molar-refractivity contribution in [3.05, 3.63) is 63.0 Å². The maximum absolute atomic E-state index is 12.7. The monoisotopic (exact) mass is 474 g/mol. The number of hydrogen-bond donors (Lipinski definition) is 1. The van der Waals surface area contributed by atoms with E-state index in [1.807, 2.05) is 38.1 Å². The summed E-state index contributed by atoms with van der Waals surface area (Å²) < 4.78 is 6.41. The Kier molecular flexibility index (Phi) is 6.76. The van der Waals surface area contributed by atoms with Gasteiger partial charge in [-0.05, 0) is 61.5 Å². The van der Waals surface area contributed by atoms with E-state index in [1.165, 1.54) is 0 Å². The van der Waals surface area contributed by atoms with Crippen molar-refractivity contribution in [2.75, 3.05) is 18.5 Å². The highest BCUT2D eigenvalue weighted by atomic mass is 79.9. The van der Waals surface area contributed by atoms with E-state index in [1.54, 1.807) is 24.3 Å². The van der Waals surface area contributed by atoms with Gasteiger partial charge in [0, 0.05) is 15.7 Å². The topological polar surface area (TPSA) is 75.7 Å². The number of para-hydroxylation sites is 1. The molecular weight excluding hydrogens is 456 g/mol. The predicted molar refractivity (Wildman–Crippen MR) is 118 cm³/mol. The van der Waals surface area contributed by atoms with E-state index in [0.717, 1.165) is 26.7 Å². The zero-order valence-electron chi connectivity index (χ0n) is 15.9. The summed E-state index contributed by atoms with van der Waals surface area (Å²) in [6, 6.07) is 12.7. The number of carbonyl (C=O) groups is 3. The highest BCUT2D eigenvalue weighted by Gasteiger charge is 2.36. The molecule has 1 N–H and O–H groups in total. The van der Waals surface area contributed by atoms with Gasteiger partial charge in [-0.15, -0.1) is 0 Å². The number of amides is 3. The van der Waals surface area contributed by atoms with Crippen LogP contribution in [0.4, 0.5) is 10.5 Å². The maximum atomic E-state index is 12.7. The van der Waals surface area contributed by atoms with Crippen LogP contribution in [0.5, 0.6) is 5.75 Å². The maximum Gasteiger partial charge on any atom is 0.294 e. The number of nitrogens with zero attached hydrogens (tertiary/aromatic N) is 1. The minimum Gasteiger partial charge on any atom is -0.493 e. The van der Waals surface area contributed by atoms with Gasteiger partial charge in [0.2, 0.25) is 5.91 Å². The summed E-state index contributed by atoms with van der Waals surface area (Å²) in [5.41, 5.74) is 2.22. The van der Waals surface area contributed by atoms with E-state index in [-0.39, 0.29) is 11.4 Å². The van der Waals surface area contributed by atoms with Crippen LogP contribution in [0, 0.1) is 6.92 Å². The first kappa shape index (κ1) is 21.1. The van der Waals surface area contributed by atoms with Gasteiger partial charge in [0.05, 0.1) is 11.5 Å². The number of hydrogen-bond acceptors (Lipinski definition) is 5. The molecule has 1 heterocycles. The van der Waals surface area contributed by atoms with E-state index >= 15 is 0 Å². The van der Waals surface area contributed by atoms with Gasteiger partial charge in [-0.25, -0.2) is 0 Å². The van der Waals surface area contributed by atoms with Gasteiger partial charge in [-0.3, -0.25) is 19.3 Å². The number of nitrogens with one attached hydrogen (secondary N) is 1. The Morgan fingerprint density at radius 1 is 1.24 bits per heavy atom. The molecule has 0 radical (unpaired) electrons. The third-order valence-electron chi connectivity index (χ3n) is 4.15. The number of ether oxygens (including phenoxy) is 1. The standard InChI is InChI=1S/C21H19BrN2O4S/c1-3-28-17-9-8-15(22)10-14(17)11-18-20(26)24(21(27)29-18)12-19(25)23-16-7-5-4-6-13(16)2/h4-11H,3,12H2,1-2H3,(H,23,25)/b18-11+. The SMILES string of the molecule is CCOc1ccc(Br)cc1/C=C1/SC(=O)N(CC(=O)Nc2ccccc2C)C1=O. The van der Waals surface area contributed by atoms with Gasteiger partial charge in [-0.1, -0.05) is 34.1 Å². The van der Waals surface area contributed by atoms with Crippen LogP contribution in [0.25, 0.3) is 6.08 Å². The minimum absolute atomic E-state index is 0.248. The quantitative estimate of drug-likeness (QED) is 0.606. The summed E-state index contributed by atoms with van der Waals surface area (Å²) in [7, 11) is 0. The molecule has 29 heavy (non-hydrogen) atoms. The third-order valence-corrected chi connectivity index (χ3v) is 5.55. The van der Waals surface area contributed by atoms with Crippen LogP contribution in [0.1, 0.15) is 18.1 Å². The second-order valence-corrected chi connectivity index (χ2v) is 8.15. The molecule has 1 fully saturated rings. The van der Waals surface area contributed by atoms with Crippen molar-refractivity contribution in [3.63, 3.8) is 0 Å². The predicted octanol–water partition coefficient (Wildman–Crippen LogP) is 4.83. The molecule has 0 saturated carbocycles. The molecule has 1 saturated heterocycles. The van der Waals surface area contributed by atoms with Crippen LogP contribution in [0.3, 0.4) is 0 Å². The Morgan fingerprint density at radius 2 is 2.00 bits per heavy atom. The Labute approximate surface area is 181 Å². The summed E-state index contributed by atoms with van der Waals surface area (Å²) in [6.07, 6.45) is 1.61. The number of halogens is 1. The molecule has 0 unspecified atom stereocenters. The van der Waals surface area contributed by atoms with Gasteiger partial charge < -0.3 is 10.1 Å². The number of benzene rings is 2. The molecule has 0 atom stereocenters. The molecule has 1 aliphatic heterocycles. The van der Waals surface area contributed by atoms with Crippen molar-refractivity contribution in [1.29, 1.82) is 0 Å². The van der Waals surface area contributed by atoms with E-state index in [9.17, 15) is 14.4 Å². The van der Waals surface area contributed by atoms with Crippen molar-refractivity contribution in [2.45, 2.75) is 13.8 Å². The van der Waals surface area contributed by atoms with E-state index in [4.69, 9.17) is 4.74 Å². The number of rotatable bonds is 6. The molecule has 150 valence electrons. The van der Waals surface area contributed by atoms with Gasteiger partial charge in [0.15, 0.2) is 0 Å². The van der Waals surface area contributed by atoms with Crippen molar-refractivity contribution >= 4 is 56.5 Å². The van der Waals surface area contributed by atoms with Gasteiger partial charge in [0.1, 0.15) is 12.3 Å². The molecular formula is C21H19BrN2O4S. The molecule has 3 amide bonds. The first-order valence-corrected chi connectivity index (χ1v) is 10.5. The van der Waals surface area contributed by atoms with Crippen LogP contribution in [-0.2, 0) is 9.59 Å². The molecule has 0 spiro atoms. The van der Waals surface area contributed by atoms with Crippen LogP contribution in [-0.4, -0.2) is 35.1 Å². The number of thioether (sulfide) groups is 1. The molecule has 6 nitrogen and oxygen atoms in total. The summed E-state index contributed by atoms with van der Waals surface area (Å²) >= 11 is 4.21. The molecule has 0 bridgehead atoms. The zero-order valence-corrected chi connectivity index (χ0v) is 18.3. The normalized spacial score (nSPS) is 15.1. The van der Waals surface area contributed by atoms with E-state index in [0.29, 0.717) is 23.6 Å². The van der Waals surface area contributed by atoms with E-state index < -0.39 is 17.1 Å². The molecule has 2 aromatic rings. The lowest BCUT2D eigenvalue weighted by atomic mass is 10.2. The number of aryl methyl sites for hydroxylation is 1. The molecule has 3 rings (SSSR count). The van der Waals surface area contributed by atoms with Crippen LogP contribution in [0.2, 0.25) is 0 Å². The Hall–Kier alpha value is -2.58. The lowest BCUT2D eigenvalue weighted by Gasteiger charge is -2.13. The molecule has 2 aromatic carbocycles. The Bertz CT molecular complexity index is 1010. The fraction of sp³-hybridized carbons (Fsp3) is 0.190. The second-order valence-electron chi connectivity index (χ2n) is 6.25. The van der Waals surface area contributed by atoms with Crippen LogP contribution >= 0.6 is 27.7 Å². The van der Waals surface area contributed by atoms with Crippen molar-refractivity contribution in [1.82, 2.24) is 4.90 Å². The van der Waals surface area contributed by atoms with Crippen LogP contribution in [0.15, 0.2) is 51.8 Å². The van der Waals surface area contributed by atoms with Gasteiger partial charge in [0.25, 0.3) is 11.1 Å². The molecule has 1 aliphatic rings. The minimum atomic E-state index is -0.498. The lowest BCUT2D eigenvalue weighted by Crippen LogP contribution is -2.36. The molecule has 8 heteroatoms. The van der Waals surface area contributed by atoms with Gasteiger partial charge >= 0.3 is 0 Å². The number of anilines is 1. The summed E-state index contributed by atoms with van der Waals surface area (Å²) in [6.45, 7) is 3.87. The Balaban J connectivity index is 1.76. The van der Waals surface area contributed by atoms with Crippen molar-refractivity contribution in [2.24, 2.45) is 0 Å². The Morgan fingerprint density at radius 3 is 2.72 bits per heavy atom. The largest absolute Gasteiger partial charge is 0.493 e. The number of carbonyl (C=O) groups excluding carboxylic acids is 3. The first-order valence-electron chi connectivity index (χ1n) is 8.92. The zero-order chi connectivity index (χ0) is 21.0. The van der Waals surface area contributed by atoms with Crippen LogP contribution < -0.4 is 10.1 Å². The average Bonchev–Trinajstić information content (AvgIpc) is 2.93. The van der Waals surface area contributed by atoms with E-state index in [2.05, 4.69) is 21.2 Å². The first-order chi connectivity index (χ1) is 13.9. The highest BCUT2D eigenvalue weighted by molar-refractivity contribution is 9.10. The molecule has 0 aromatic heterocycles. The highest BCUT2D eigenvalue weighted by Crippen LogP contribution is 2.34. The summed E-state index contributed by atoms with van der Waals surface area (Å²) in [5, 5.41) is 2.26. The van der Waals surface area contributed by atoms with Gasteiger partial charge in [-0.2, -0.15) is 0 Å². The summed E-state index contributed by atoms with van der Waals surface area (Å²) in [5.74, 6) is -0.317. The molecule has 0 aliphatic carbocycles. The average molecular weight is 475 g/mol. The van der Waals surface area contributed by atoms with Crippen molar-refractivity contribution in [3.8, 4) is 5.75 Å². The summed E-state index contributed by atoms with van der Waals surface area (Å²) in [4.78, 5) is 38.6. The lowest BCUT2D eigenvalue weighted by molar-refractivity contribution is -0.127.